The zero-order chi connectivity index (χ0) is 21.2. The fraction of sp³-hybridized carbons (Fsp3) is 0.211. The number of fused-ring (bicyclic) bond motifs is 1. The second kappa shape index (κ2) is 8.16. The number of nitrogens with one attached hydrogen (secondary N) is 3. The van der Waals surface area contributed by atoms with Crippen molar-refractivity contribution in [1.82, 2.24) is 0 Å². The van der Waals surface area contributed by atoms with E-state index >= 15 is 0 Å². The van der Waals surface area contributed by atoms with E-state index < -0.39 is 28.8 Å². The van der Waals surface area contributed by atoms with E-state index in [2.05, 4.69) is 16.0 Å². The highest BCUT2D eigenvalue weighted by atomic mass is 32.2. The molecule has 0 radical (unpaired) electrons. The SMILES string of the molecule is CC(=O)Nc1ccc(NC(=O)C[C@@H]2Sc3ccc(C(F)(F)F)cc3NC2=O)cc1. The van der Waals surface area contributed by atoms with Crippen LogP contribution in [0, 0.1) is 0 Å². The maximum atomic E-state index is 12.8. The summed E-state index contributed by atoms with van der Waals surface area (Å²) in [6.45, 7) is 1.38. The van der Waals surface area contributed by atoms with E-state index in [4.69, 9.17) is 0 Å². The minimum absolute atomic E-state index is 0.0834. The van der Waals surface area contributed by atoms with Gasteiger partial charge in [0.05, 0.1) is 16.5 Å². The van der Waals surface area contributed by atoms with E-state index in [-0.39, 0.29) is 18.0 Å². The number of rotatable bonds is 4. The van der Waals surface area contributed by atoms with Gasteiger partial charge in [0.25, 0.3) is 0 Å². The van der Waals surface area contributed by atoms with Gasteiger partial charge in [-0.15, -0.1) is 11.8 Å². The van der Waals surface area contributed by atoms with Crippen LogP contribution in [-0.4, -0.2) is 23.0 Å². The van der Waals surface area contributed by atoms with Crippen molar-refractivity contribution in [2.45, 2.75) is 29.7 Å². The normalized spacial score (nSPS) is 15.9. The van der Waals surface area contributed by atoms with E-state index in [1.165, 1.54) is 13.0 Å². The fourth-order valence-corrected chi connectivity index (χ4v) is 3.77. The first kappa shape index (κ1) is 20.7. The second-order valence-electron chi connectivity index (χ2n) is 6.32. The predicted octanol–water partition coefficient (Wildman–Crippen LogP) is 4.11. The van der Waals surface area contributed by atoms with Crippen molar-refractivity contribution in [2.75, 3.05) is 16.0 Å². The molecule has 1 aliphatic rings. The van der Waals surface area contributed by atoms with E-state index in [1.807, 2.05) is 0 Å². The van der Waals surface area contributed by atoms with Gasteiger partial charge in [-0.2, -0.15) is 13.2 Å². The number of carbonyl (C=O) groups excluding carboxylic acids is 3. The molecule has 152 valence electrons. The molecule has 0 spiro atoms. The number of carbonyl (C=O) groups is 3. The Morgan fingerprint density at radius 3 is 2.28 bits per heavy atom. The van der Waals surface area contributed by atoms with Gasteiger partial charge in [0.1, 0.15) is 0 Å². The molecule has 0 aromatic heterocycles. The zero-order valence-corrected chi connectivity index (χ0v) is 15.9. The van der Waals surface area contributed by atoms with Gasteiger partial charge in [-0.25, -0.2) is 0 Å². The van der Waals surface area contributed by atoms with Crippen LogP contribution in [0.5, 0.6) is 0 Å². The van der Waals surface area contributed by atoms with Crippen LogP contribution in [0.15, 0.2) is 47.4 Å². The molecular formula is C19H16F3N3O3S. The highest BCUT2D eigenvalue weighted by Crippen LogP contribution is 2.40. The summed E-state index contributed by atoms with van der Waals surface area (Å²) in [6, 6.07) is 9.55. The van der Waals surface area contributed by atoms with Crippen LogP contribution in [0.1, 0.15) is 18.9 Å². The fourth-order valence-electron chi connectivity index (χ4n) is 2.68. The van der Waals surface area contributed by atoms with E-state index in [0.29, 0.717) is 16.3 Å². The number of hydrogen-bond acceptors (Lipinski definition) is 4. The van der Waals surface area contributed by atoms with E-state index in [9.17, 15) is 27.6 Å². The first-order chi connectivity index (χ1) is 13.6. The number of amides is 3. The maximum absolute atomic E-state index is 12.8. The van der Waals surface area contributed by atoms with Gasteiger partial charge in [-0.1, -0.05) is 0 Å². The lowest BCUT2D eigenvalue weighted by Crippen LogP contribution is -2.32. The van der Waals surface area contributed by atoms with Crippen molar-refractivity contribution in [3.05, 3.63) is 48.0 Å². The van der Waals surface area contributed by atoms with Crippen molar-refractivity contribution >= 4 is 46.5 Å². The highest BCUT2D eigenvalue weighted by Gasteiger charge is 2.34. The number of alkyl halides is 3. The molecule has 3 amide bonds. The number of halogens is 3. The lowest BCUT2D eigenvalue weighted by atomic mass is 10.1. The molecule has 1 heterocycles. The lowest BCUT2D eigenvalue weighted by molar-refractivity contribution is -0.137. The van der Waals surface area contributed by atoms with Crippen LogP contribution >= 0.6 is 11.8 Å². The minimum atomic E-state index is -4.50. The van der Waals surface area contributed by atoms with Crippen LogP contribution in [0.2, 0.25) is 0 Å². The molecule has 0 saturated carbocycles. The Hall–Kier alpha value is -3.01. The van der Waals surface area contributed by atoms with Crippen LogP contribution in [-0.2, 0) is 20.6 Å². The summed E-state index contributed by atoms with van der Waals surface area (Å²) in [4.78, 5) is 36.0. The van der Waals surface area contributed by atoms with Crippen molar-refractivity contribution in [3.63, 3.8) is 0 Å². The molecule has 6 nitrogen and oxygen atoms in total. The Morgan fingerprint density at radius 2 is 1.69 bits per heavy atom. The molecule has 3 N–H and O–H groups in total. The number of benzene rings is 2. The predicted molar refractivity (Wildman–Crippen MR) is 104 cm³/mol. The molecule has 29 heavy (non-hydrogen) atoms. The third-order valence-electron chi connectivity index (χ3n) is 3.99. The molecule has 3 rings (SSSR count). The molecular weight excluding hydrogens is 407 g/mol. The third kappa shape index (κ3) is 5.29. The largest absolute Gasteiger partial charge is 0.416 e. The zero-order valence-electron chi connectivity index (χ0n) is 15.1. The molecule has 0 saturated heterocycles. The van der Waals surface area contributed by atoms with Gasteiger partial charge in [-0.3, -0.25) is 14.4 Å². The molecule has 0 aliphatic carbocycles. The summed E-state index contributed by atoms with van der Waals surface area (Å²) >= 11 is 1.04. The summed E-state index contributed by atoms with van der Waals surface area (Å²) in [5.74, 6) is -1.16. The van der Waals surface area contributed by atoms with Crippen molar-refractivity contribution in [1.29, 1.82) is 0 Å². The number of hydrogen-bond donors (Lipinski definition) is 3. The third-order valence-corrected chi connectivity index (χ3v) is 5.26. The van der Waals surface area contributed by atoms with E-state index in [1.54, 1.807) is 24.3 Å². The van der Waals surface area contributed by atoms with Gasteiger partial charge in [0.2, 0.25) is 17.7 Å². The molecule has 2 aromatic rings. The van der Waals surface area contributed by atoms with Crippen molar-refractivity contribution in [2.24, 2.45) is 0 Å². The lowest BCUT2D eigenvalue weighted by Gasteiger charge is -2.24. The summed E-state index contributed by atoms with van der Waals surface area (Å²) in [5.41, 5.74) is 0.296. The summed E-state index contributed by atoms with van der Waals surface area (Å²) in [6.07, 6.45) is -4.65. The highest BCUT2D eigenvalue weighted by molar-refractivity contribution is 8.01. The van der Waals surface area contributed by atoms with Crippen LogP contribution < -0.4 is 16.0 Å². The van der Waals surface area contributed by atoms with Gasteiger partial charge in [0.15, 0.2) is 0 Å². The number of thioether (sulfide) groups is 1. The topological polar surface area (TPSA) is 87.3 Å². The van der Waals surface area contributed by atoms with Crippen LogP contribution in [0.3, 0.4) is 0 Å². The molecule has 1 atom stereocenters. The Morgan fingerprint density at radius 1 is 1.07 bits per heavy atom. The smallest absolute Gasteiger partial charge is 0.326 e. The van der Waals surface area contributed by atoms with Gasteiger partial charge >= 0.3 is 6.18 Å². The standard InChI is InChI=1S/C19H16F3N3O3S/c1-10(26)23-12-3-5-13(6-4-12)24-17(27)9-16-18(28)25-14-8-11(19(20,21)22)2-7-15(14)29-16/h2-8,16H,9H2,1H3,(H,23,26)(H,24,27)(H,25,28)/t16-/m0/s1. The molecule has 0 fully saturated rings. The Kier molecular flexibility index (Phi) is 5.83. The second-order valence-corrected chi connectivity index (χ2v) is 7.56. The Labute approximate surface area is 168 Å². The van der Waals surface area contributed by atoms with Crippen molar-refractivity contribution < 1.29 is 27.6 Å². The quantitative estimate of drug-likeness (QED) is 0.691. The van der Waals surface area contributed by atoms with Gasteiger partial charge < -0.3 is 16.0 Å². The molecule has 1 aliphatic heterocycles. The van der Waals surface area contributed by atoms with Gasteiger partial charge in [0, 0.05) is 29.6 Å². The average Bonchev–Trinajstić information content (AvgIpc) is 2.62. The monoisotopic (exact) mass is 423 g/mol. The first-order valence-electron chi connectivity index (χ1n) is 8.48. The summed E-state index contributed by atoms with van der Waals surface area (Å²) in [5, 5.41) is 6.92. The minimum Gasteiger partial charge on any atom is -0.326 e. The molecule has 0 unspecified atom stereocenters. The molecule has 0 bridgehead atoms. The van der Waals surface area contributed by atoms with Crippen LogP contribution in [0.25, 0.3) is 0 Å². The first-order valence-corrected chi connectivity index (χ1v) is 9.36. The number of anilines is 3. The summed E-state index contributed by atoms with van der Waals surface area (Å²) in [7, 11) is 0. The molecule has 10 heteroatoms. The molecule has 2 aromatic carbocycles. The van der Waals surface area contributed by atoms with Crippen molar-refractivity contribution in [3.8, 4) is 0 Å². The van der Waals surface area contributed by atoms with E-state index in [0.717, 1.165) is 23.9 Å². The Bertz CT molecular complexity index is 961. The Balaban J connectivity index is 1.63. The maximum Gasteiger partial charge on any atom is 0.416 e. The van der Waals surface area contributed by atoms with Gasteiger partial charge in [-0.05, 0) is 42.5 Å². The summed E-state index contributed by atoms with van der Waals surface area (Å²) < 4.78 is 38.4. The van der Waals surface area contributed by atoms with Crippen LogP contribution in [0.4, 0.5) is 30.2 Å². The average molecular weight is 423 g/mol.